The van der Waals surface area contributed by atoms with Crippen LogP contribution in [0.2, 0.25) is 0 Å². The third-order valence-corrected chi connectivity index (χ3v) is 5.74. The van der Waals surface area contributed by atoms with Gasteiger partial charge in [-0.25, -0.2) is 0 Å². The summed E-state index contributed by atoms with van der Waals surface area (Å²) in [7, 11) is 0. The number of rotatable bonds is 4. The highest BCUT2D eigenvalue weighted by atomic mass is 16.5. The van der Waals surface area contributed by atoms with Crippen molar-refractivity contribution in [2.45, 2.75) is 52.0 Å². The Morgan fingerprint density at radius 3 is 2.78 bits per heavy atom. The number of nitrogens with zero attached hydrogens (tertiary/aromatic N) is 5. The Kier molecular flexibility index (Phi) is 4.85. The van der Waals surface area contributed by atoms with Crippen molar-refractivity contribution in [1.82, 2.24) is 20.0 Å². The molecular formula is C20H27N5O2. The lowest BCUT2D eigenvalue weighted by molar-refractivity contribution is -0.138. The molecule has 27 heavy (non-hydrogen) atoms. The Morgan fingerprint density at radius 1 is 1.22 bits per heavy atom. The SMILES string of the molecule is CC(C)c1nc(N2CCCC3(CCC(=O)N(Cc4ccncc4)C3)C2)no1. The van der Waals surface area contributed by atoms with Crippen LogP contribution < -0.4 is 4.90 Å². The van der Waals surface area contributed by atoms with E-state index in [-0.39, 0.29) is 17.2 Å². The zero-order valence-corrected chi connectivity index (χ0v) is 16.1. The molecule has 2 aliphatic heterocycles. The molecule has 1 unspecified atom stereocenters. The highest BCUT2D eigenvalue weighted by molar-refractivity contribution is 5.77. The Hall–Kier alpha value is -2.44. The van der Waals surface area contributed by atoms with Gasteiger partial charge in [-0.3, -0.25) is 9.78 Å². The summed E-state index contributed by atoms with van der Waals surface area (Å²) in [6.45, 7) is 7.38. The van der Waals surface area contributed by atoms with Crippen molar-refractivity contribution in [3.05, 3.63) is 36.0 Å². The van der Waals surface area contributed by atoms with Gasteiger partial charge >= 0.3 is 0 Å². The standard InChI is InChI=1S/C20H27N5O2/c1-15(2)18-22-19(23-27-18)24-11-3-7-20(13-24)8-4-17(26)25(14-20)12-16-5-9-21-10-6-16/h5-6,9-10,15H,3-4,7-8,11-14H2,1-2H3. The maximum atomic E-state index is 12.5. The van der Waals surface area contributed by atoms with Crippen molar-refractivity contribution < 1.29 is 9.32 Å². The van der Waals surface area contributed by atoms with Crippen LogP contribution in [-0.4, -0.2) is 45.6 Å². The van der Waals surface area contributed by atoms with Crippen molar-refractivity contribution in [3.63, 3.8) is 0 Å². The second-order valence-electron chi connectivity index (χ2n) is 8.22. The summed E-state index contributed by atoms with van der Waals surface area (Å²) in [5.41, 5.74) is 1.24. The summed E-state index contributed by atoms with van der Waals surface area (Å²) < 4.78 is 5.40. The summed E-state index contributed by atoms with van der Waals surface area (Å²) in [6, 6.07) is 3.96. The molecule has 2 fully saturated rings. The normalized spacial score (nSPS) is 23.4. The summed E-state index contributed by atoms with van der Waals surface area (Å²) in [4.78, 5) is 25.4. The lowest BCUT2D eigenvalue weighted by Crippen LogP contribution is -2.54. The summed E-state index contributed by atoms with van der Waals surface area (Å²) in [5.74, 6) is 1.85. The monoisotopic (exact) mass is 369 g/mol. The minimum Gasteiger partial charge on any atom is -0.338 e. The number of amides is 1. The molecule has 4 rings (SSSR count). The Labute approximate surface area is 159 Å². The van der Waals surface area contributed by atoms with E-state index in [1.54, 1.807) is 12.4 Å². The van der Waals surface area contributed by atoms with Crippen molar-refractivity contribution in [2.75, 3.05) is 24.5 Å². The fourth-order valence-corrected chi connectivity index (χ4v) is 4.26. The van der Waals surface area contributed by atoms with Crippen LogP contribution in [0.4, 0.5) is 5.95 Å². The number of piperidine rings is 2. The van der Waals surface area contributed by atoms with Crippen molar-refractivity contribution in [3.8, 4) is 0 Å². The van der Waals surface area contributed by atoms with E-state index in [4.69, 9.17) is 4.52 Å². The second-order valence-corrected chi connectivity index (χ2v) is 8.22. The van der Waals surface area contributed by atoms with Crippen molar-refractivity contribution in [1.29, 1.82) is 0 Å². The molecule has 0 N–H and O–H groups in total. The van der Waals surface area contributed by atoms with Crippen LogP contribution in [0.25, 0.3) is 0 Å². The molecule has 7 heteroatoms. The number of carbonyl (C=O) groups is 1. The molecule has 2 aromatic heterocycles. The number of hydrogen-bond acceptors (Lipinski definition) is 6. The van der Waals surface area contributed by atoms with Crippen LogP contribution in [-0.2, 0) is 11.3 Å². The van der Waals surface area contributed by atoms with Crippen LogP contribution in [0.3, 0.4) is 0 Å². The maximum Gasteiger partial charge on any atom is 0.266 e. The van der Waals surface area contributed by atoms with Gasteiger partial charge in [0, 0.05) is 56.3 Å². The Morgan fingerprint density at radius 2 is 2.04 bits per heavy atom. The number of likely N-dealkylation sites (tertiary alicyclic amines) is 1. The first-order valence-corrected chi connectivity index (χ1v) is 9.80. The molecule has 4 heterocycles. The van der Waals surface area contributed by atoms with Crippen molar-refractivity contribution >= 4 is 11.9 Å². The van der Waals surface area contributed by atoms with Gasteiger partial charge in [-0.1, -0.05) is 13.8 Å². The third kappa shape index (κ3) is 3.82. The molecule has 144 valence electrons. The van der Waals surface area contributed by atoms with Crippen LogP contribution in [0.1, 0.15) is 56.9 Å². The molecule has 2 aliphatic rings. The second kappa shape index (κ2) is 7.29. The van der Waals surface area contributed by atoms with E-state index < -0.39 is 0 Å². The van der Waals surface area contributed by atoms with Crippen LogP contribution >= 0.6 is 0 Å². The fourth-order valence-electron chi connectivity index (χ4n) is 4.26. The van der Waals surface area contributed by atoms with E-state index in [9.17, 15) is 4.79 Å². The van der Waals surface area contributed by atoms with E-state index in [1.165, 1.54) is 0 Å². The molecule has 2 saturated heterocycles. The lowest BCUT2D eigenvalue weighted by Gasteiger charge is -2.48. The highest BCUT2D eigenvalue weighted by Gasteiger charge is 2.42. The van der Waals surface area contributed by atoms with E-state index in [0.29, 0.717) is 24.8 Å². The molecular weight excluding hydrogens is 342 g/mol. The van der Waals surface area contributed by atoms with E-state index >= 15 is 0 Å². The Bertz CT molecular complexity index is 791. The number of hydrogen-bond donors (Lipinski definition) is 0. The molecule has 0 aliphatic carbocycles. The predicted octanol–water partition coefficient (Wildman–Crippen LogP) is 3.00. The van der Waals surface area contributed by atoms with Gasteiger partial charge in [0.25, 0.3) is 5.95 Å². The van der Waals surface area contributed by atoms with Gasteiger partial charge in [-0.2, -0.15) is 4.98 Å². The first kappa shape index (κ1) is 17.9. The molecule has 1 amide bonds. The first-order valence-electron chi connectivity index (χ1n) is 9.80. The number of pyridine rings is 1. The fraction of sp³-hybridized carbons (Fsp3) is 0.600. The van der Waals surface area contributed by atoms with Gasteiger partial charge in [0.1, 0.15) is 0 Å². The zero-order chi connectivity index (χ0) is 18.9. The summed E-state index contributed by atoms with van der Waals surface area (Å²) in [5, 5.41) is 4.19. The van der Waals surface area contributed by atoms with E-state index in [2.05, 4.69) is 33.9 Å². The molecule has 2 aromatic rings. The van der Waals surface area contributed by atoms with Gasteiger partial charge in [-0.15, -0.1) is 0 Å². The molecule has 7 nitrogen and oxygen atoms in total. The average molecular weight is 369 g/mol. The summed E-state index contributed by atoms with van der Waals surface area (Å²) in [6.07, 6.45) is 7.34. The summed E-state index contributed by atoms with van der Waals surface area (Å²) >= 11 is 0. The predicted molar refractivity (Wildman–Crippen MR) is 101 cm³/mol. The molecule has 0 saturated carbocycles. The highest BCUT2D eigenvalue weighted by Crippen LogP contribution is 2.40. The minimum absolute atomic E-state index is 0.109. The quantitative estimate of drug-likeness (QED) is 0.825. The molecule has 0 bridgehead atoms. The average Bonchev–Trinajstić information content (AvgIpc) is 3.17. The van der Waals surface area contributed by atoms with E-state index in [0.717, 1.165) is 44.5 Å². The topological polar surface area (TPSA) is 75.4 Å². The van der Waals surface area contributed by atoms with Gasteiger partial charge in [-0.05, 0) is 42.1 Å². The van der Waals surface area contributed by atoms with Crippen LogP contribution in [0.5, 0.6) is 0 Å². The van der Waals surface area contributed by atoms with Gasteiger partial charge in [0.2, 0.25) is 11.8 Å². The zero-order valence-electron chi connectivity index (χ0n) is 16.1. The molecule has 0 radical (unpaired) electrons. The van der Waals surface area contributed by atoms with Crippen LogP contribution in [0, 0.1) is 5.41 Å². The lowest BCUT2D eigenvalue weighted by atomic mass is 9.73. The van der Waals surface area contributed by atoms with Gasteiger partial charge < -0.3 is 14.3 Å². The Balaban J connectivity index is 1.48. The molecule has 1 atom stereocenters. The minimum atomic E-state index is 0.109. The van der Waals surface area contributed by atoms with Crippen LogP contribution in [0.15, 0.2) is 29.0 Å². The number of aromatic nitrogens is 3. The van der Waals surface area contributed by atoms with E-state index in [1.807, 2.05) is 17.0 Å². The van der Waals surface area contributed by atoms with Gasteiger partial charge in [0.05, 0.1) is 0 Å². The molecule has 0 aromatic carbocycles. The number of anilines is 1. The van der Waals surface area contributed by atoms with Crippen molar-refractivity contribution in [2.24, 2.45) is 5.41 Å². The molecule has 1 spiro atoms. The maximum absolute atomic E-state index is 12.5. The smallest absolute Gasteiger partial charge is 0.266 e. The largest absolute Gasteiger partial charge is 0.338 e. The number of carbonyl (C=O) groups excluding carboxylic acids is 1. The van der Waals surface area contributed by atoms with Gasteiger partial charge in [0.15, 0.2) is 0 Å². The third-order valence-electron chi connectivity index (χ3n) is 5.74. The first-order chi connectivity index (χ1) is 13.0.